The van der Waals surface area contributed by atoms with E-state index >= 15 is 0 Å². The van der Waals surface area contributed by atoms with Crippen LogP contribution in [0.1, 0.15) is 42.5 Å². The average molecular weight is 464 g/mol. The van der Waals surface area contributed by atoms with Gasteiger partial charge in [-0.2, -0.15) is 0 Å². The molecule has 6 heteroatoms. The highest BCUT2D eigenvalue weighted by Crippen LogP contribution is 2.34. The normalized spacial score (nSPS) is 20.5. The lowest BCUT2D eigenvalue weighted by atomic mass is 9.77. The van der Waals surface area contributed by atoms with Crippen LogP contribution in [0.15, 0.2) is 48.5 Å². The minimum atomic E-state index is -0.241. The highest BCUT2D eigenvalue weighted by molar-refractivity contribution is 6.30. The van der Waals surface area contributed by atoms with Gasteiger partial charge in [0, 0.05) is 46.5 Å². The fourth-order valence-corrected chi connectivity index (χ4v) is 5.72. The first kappa shape index (κ1) is 22.0. The molecule has 0 saturated heterocycles. The van der Waals surface area contributed by atoms with Crippen LogP contribution in [0, 0.1) is 11.8 Å². The molecular weight excluding hydrogens is 434 g/mol. The van der Waals surface area contributed by atoms with Gasteiger partial charge in [-0.25, -0.2) is 0 Å². The van der Waals surface area contributed by atoms with Crippen LogP contribution in [0.4, 0.5) is 0 Å². The van der Waals surface area contributed by atoms with Crippen LogP contribution in [0.2, 0.25) is 5.02 Å². The van der Waals surface area contributed by atoms with Crippen molar-refractivity contribution in [3.05, 3.63) is 70.4 Å². The molecule has 2 atom stereocenters. The number of amides is 2. The van der Waals surface area contributed by atoms with E-state index in [1.54, 1.807) is 0 Å². The monoisotopic (exact) mass is 463 g/mol. The molecule has 2 N–H and O–H groups in total. The fraction of sp³-hybridized carbons (Fsp3) is 0.407. The van der Waals surface area contributed by atoms with Gasteiger partial charge < -0.3 is 15.2 Å². The average Bonchev–Trinajstić information content (AvgIpc) is 3.21. The van der Waals surface area contributed by atoms with E-state index in [0.29, 0.717) is 24.7 Å². The summed E-state index contributed by atoms with van der Waals surface area (Å²) >= 11 is 6.06. The van der Waals surface area contributed by atoms with Gasteiger partial charge in [-0.05, 0) is 55.0 Å². The van der Waals surface area contributed by atoms with E-state index in [1.165, 1.54) is 10.9 Å². The minimum Gasteiger partial charge on any atom is -0.357 e. The van der Waals surface area contributed by atoms with Gasteiger partial charge in [-0.1, -0.05) is 54.8 Å². The number of carbonyl (C=O) groups excluding carboxylic acids is 2. The topological polar surface area (TPSA) is 65.2 Å². The Hall–Kier alpha value is -2.79. The minimum absolute atomic E-state index is 0.0124. The number of hydrogen-bond donors (Lipinski definition) is 2. The van der Waals surface area contributed by atoms with E-state index in [0.717, 1.165) is 55.3 Å². The van der Waals surface area contributed by atoms with Gasteiger partial charge in [0.05, 0.1) is 6.54 Å². The lowest BCUT2D eigenvalue weighted by Gasteiger charge is -2.35. The third kappa shape index (κ3) is 4.65. The molecule has 33 heavy (non-hydrogen) atoms. The molecule has 0 bridgehead atoms. The van der Waals surface area contributed by atoms with E-state index in [9.17, 15) is 9.59 Å². The van der Waals surface area contributed by atoms with Crippen molar-refractivity contribution in [2.24, 2.45) is 11.8 Å². The van der Waals surface area contributed by atoms with Crippen molar-refractivity contribution in [2.45, 2.75) is 45.1 Å². The second-order valence-corrected chi connectivity index (χ2v) is 9.74. The number of nitrogens with one attached hydrogen (secondary N) is 2. The van der Waals surface area contributed by atoms with Gasteiger partial charge in [0.2, 0.25) is 11.8 Å². The maximum Gasteiger partial charge on any atom is 0.226 e. The van der Waals surface area contributed by atoms with Crippen molar-refractivity contribution < 1.29 is 9.59 Å². The molecule has 2 unspecified atom stereocenters. The van der Waals surface area contributed by atoms with Gasteiger partial charge in [-0.3, -0.25) is 9.59 Å². The summed E-state index contributed by atoms with van der Waals surface area (Å²) in [5.41, 5.74) is 4.69. The van der Waals surface area contributed by atoms with Crippen LogP contribution < -0.4 is 5.32 Å². The molecule has 0 spiro atoms. The summed E-state index contributed by atoms with van der Waals surface area (Å²) in [5, 5.41) is 5.05. The third-order valence-corrected chi connectivity index (χ3v) is 7.45. The van der Waals surface area contributed by atoms with Crippen molar-refractivity contribution in [1.29, 1.82) is 0 Å². The predicted octanol–water partition coefficient (Wildman–Crippen LogP) is 4.87. The van der Waals surface area contributed by atoms with E-state index in [1.807, 2.05) is 35.2 Å². The first-order valence-corrected chi connectivity index (χ1v) is 12.4. The van der Waals surface area contributed by atoms with Crippen LogP contribution in [-0.4, -0.2) is 34.8 Å². The lowest BCUT2D eigenvalue weighted by Crippen LogP contribution is -2.47. The molecule has 2 amide bonds. The molecule has 2 aromatic carbocycles. The fourth-order valence-electron chi connectivity index (χ4n) is 5.51. The van der Waals surface area contributed by atoms with E-state index < -0.39 is 0 Å². The van der Waals surface area contributed by atoms with Crippen molar-refractivity contribution in [1.82, 2.24) is 15.2 Å². The number of halogens is 1. The second-order valence-electron chi connectivity index (χ2n) is 9.31. The number of H-pyrrole nitrogens is 1. The smallest absolute Gasteiger partial charge is 0.226 e. The molecule has 5 rings (SSSR count). The van der Waals surface area contributed by atoms with Gasteiger partial charge in [-0.15, -0.1) is 0 Å². The summed E-state index contributed by atoms with van der Waals surface area (Å²) in [7, 11) is 0. The molecule has 1 fully saturated rings. The van der Waals surface area contributed by atoms with Crippen LogP contribution in [-0.2, 0) is 29.0 Å². The molecule has 172 valence electrons. The van der Waals surface area contributed by atoms with E-state index in [4.69, 9.17) is 11.6 Å². The van der Waals surface area contributed by atoms with Crippen LogP contribution in [0.5, 0.6) is 0 Å². The second kappa shape index (κ2) is 9.60. The highest BCUT2D eigenvalue weighted by atomic mass is 35.5. The lowest BCUT2D eigenvalue weighted by molar-refractivity contribution is -0.144. The predicted molar refractivity (Wildman–Crippen MR) is 131 cm³/mol. The number of carbonyl (C=O) groups is 2. The van der Waals surface area contributed by atoms with E-state index in [-0.39, 0.29) is 23.7 Å². The summed E-state index contributed by atoms with van der Waals surface area (Å²) in [4.78, 5) is 32.1. The summed E-state index contributed by atoms with van der Waals surface area (Å²) in [6, 6.07) is 16.0. The zero-order valence-electron chi connectivity index (χ0n) is 18.8. The Bertz CT molecular complexity index is 1170. The summed E-state index contributed by atoms with van der Waals surface area (Å²) in [6.45, 7) is 1.87. The van der Waals surface area contributed by atoms with Gasteiger partial charge in [0.1, 0.15) is 0 Å². The van der Waals surface area contributed by atoms with Gasteiger partial charge in [0.25, 0.3) is 0 Å². The summed E-state index contributed by atoms with van der Waals surface area (Å²) in [5.74, 6) is -0.321. The Kier molecular flexibility index (Phi) is 6.41. The SMILES string of the molecule is O=C(NCCc1cccc(Cl)c1)C1CCCCC1C(=O)N1CCc2c([nH]c3ccccc23)C1. The number of nitrogens with zero attached hydrogens (tertiary/aromatic N) is 1. The quantitative estimate of drug-likeness (QED) is 0.566. The van der Waals surface area contributed by atoms with Crippen molar-refractivity contribution in [3.63, 3.8) is 0 Å². The number of rotatable bonds is 5. The maximum absolute atomic E-state index is 13.5. The molecule has 0 radical (unpaired) electrons. The van der Waals surface area contributed by atoms with Crippen molar-refractivity contribution in [2.75, 3.05) is 13.1 Å². The molecular formula is C27H30ClN3O2. The standard InChI is InChI=1S/C27H30ClN3O2/c28-19-7-5-6-18(16-19)12-14-29-26(32)22-9-1-2-10-23(22)27(33)31-15-13-21-20-8-3-4-11-24(20)30-25(21)17-31/h3-8,11,16,22-23,30H,1-2,9-10,12-15,17H2,(H,29,32). The first-order valence-electron chi connectivity index (χ1n) is 12.0. The third-order valence-electron chi connectivity index (χ3n) is 7.22. The molecule has 3 aromatic rings. The Balaban J connectivity index is 1.23. The van der Waals surface area contributed by atoms with Crippen LogP contribution in [0.25, 0.3) is 10.9 Å². The number of para-hydroxylation sites is 1. The van der Waals surface area contributed by atoms with Crippen LogP contribution >= 0.6 is 11.6 Å². The number of hydrogen-bond acceptors (Lipinski definition) is 2. The summed E-state index contributed by atoms with van der Waals surface area (Å²) in [6.07, 6.45) is 5.17. The molecule has 1 aliphatic heterocycles. The summed E-state index contributed by atoms with van der Waals surface area (Å²) < 4.78 is 0. The van der Waals surface area contributed by atoms with E-state index in [2.05, 4.69) is 28.5 Å². The highest BCUT2D eigenvalue weighted by Gasteiger charge is 2.38. The molecule has 1 saturated carbocycles. The zero-order valence-corrected chi connectivity index (χ0v) is 19.5. The maximum atomic E-state index is 13.5. The number of aromatic nitrogens is 1. The number of benzene rings is 2. The Labute approximate surface area is 199 Å². The van der Waals surface area contributed by atoms with Gasteiger partial charge >= 0.3 is 0 Å². The largest absolute Gasteiger partial charge is 0.357 e. The zero-order chi connectivity index (χ0) is 22.8. The van der Waals surface area contributed by atoms with Crippen LogP contribution in [0.3, 0.4) is 0 Å². The number of aromatic amines is 1. The first-order chi connectivity index (χ1) is 16.1. The van der Waals surface area contributed by atoms with Crippen molar-refractivity contribution >= 4 is 34.3 Å². The molecule has 1 aliphatic carbocycles. The molecule has 2 aliphatic rings. The molecule has 2 heterocycles. The molecule has 1 aromatic heterocycles. The Morgan fingerprint density at radius 1 is 1.06 bits per heavy atom. The Morgan fingerprint density at radius 2 is 1.88 bits per heavy atom. The Morgan fingerprint density at radius 3 is 2.73 bits per heavy atom. The van der Waals surface area contributed by atoms with Crippen molar-refractivity contribution in [3.8, 4) is 0 Å². The number of fused-ring (bicyclic) bond motifs is 3. The van der Waals surface area contributed by atoms with Gasteiger partial charge in [0.15, 0.2) is 0 Å². The molecule has 5 nitrogen and oxygen atoms in total.